The van der Waals surface area contributed by atoms with Crippen molar-refractivity contribution in [3.05, 3.63) is 113 Å². The van der Waals surface area contributed by atoms with Gasteiger partial charge in [0.1, 0.15) is 0 Å². The highest BCUT2D eigenvalue weighted by Crippen LogP contribution is 2.24. The average molecular weight is 438 g/mol. The number of nitrogens with zero attached hydrogens (tertiary/aromatic N) is 2. The van der Waals surface area contributed by atoms with E-state index in [9.17, 15) is 4.79 Å². The van der Waals surface area contributed by atoms with Gasteiger partial charge in [-0.3, -0.25) is 4.79 Å². The van der Waals surface area contributed by atoms with E-state index >= 15 is 0 Å². The topological polar surface area (TPSA) is 68.0 Å². The first kappa shape index (κ1) is 19.9. The van der Waals surface area contributed by atoms with Crippen LogP contribution in [0.4, 0.5) is 5.69 Å². The Morgan fingerprint density at radius 1 is 0.844 bits per heavy atom. The second-order valence-corrected chi connectivity index (χ2v) is 8.17. The van der Waals surface area contributed by atoms with Gasteiger partial charge in [-0.25, -0.2) is 0 Å². The minimum absolute atomic E-state index is 0.165. The molecule has 0 unspecified atom stereocenters. The number of carbonyl (C=O) groups is 1. The second kappa shape index (κ2) is 8.99. The Hall–Kier alpha value is -4.03. The number of hydrogen-bond donors (Lipinski definition) is 1. The normalized spacial score (nSPS) is 10.8. The first-order chi connectivity index (χ1) is 15.8. The molecule has 2 heterocycles. The number of aromatic nitrogens is 2. The van der Waals surface area contributed by atoms with E-state index in [-0.39, 0.29) is 5.91 Å². The number of rotatable bonds is 6. The van der Waals surface area contributed by atoms with Crippen molar-refractivity contribution in [2.75, 3.05) is 5.32 Å². The van der Waals surface area contributed by atoms with Gasteiger partial charge >= 0.3 is 0 Å². The van der Waals surface area contributed by atoms with Gasteiger partial charge in [-0.2, -0.15) is 4.98 Å². The molecular formula is C26H19N3O2S. The largest absolute Gasteiger partial charge is 0.339 e. The summed E-state index contributed by atoms with van der Waals surface area (Å²) in [6.45, 7) is 0. The lowest BCUT2D eigenvalue weighted by molar-refractivity contribution is 0.102. The highest BCUT2D eigenvalue weighted by Gasteiger charge is 2.14. The molecule has 2 aromatic heterocycles. The Morgan fingerprint density at radius 2 is 1.59 bits per heavy atom. The van der Waals surface area contributed by atoms with Crippen molar-refractivity contribution in [2.24, 2.45) is 0 Å². The van der Waals surface area contributed by atoms with Crippen molar-refractivity contribution in [1.82, 2.24) is 10.1 Å². The van der Waals surface area contributed by atoms with E-state index in [1.54, 1.807) is 11.3 Å². The van der Waals surface area contributed by atoms with Gasteiger partial charge in [0.2, 0.25) is 11.7 Å². The Labute approximate surface area is 189 Å². The number of carbonyl (C=O) groups excluding carboxylic acids is 1. The Morgan fingerprint density at radius 3 is 2.38 bits per heavy atom. The smallest absolute Gasteiger partial charge is 0.255 e. The van der Waals surface area contributed by atoms with E-state index in [0.717, 1.165) is 27.3 Å². The first-order valence-electron chi connectivity index (χ1n) is 10.2. The molecule has 5 nitrogen and oxygen atoms in total. The molecule has 5 aromatic rings. The molecule has 32 heavy (non-hydrogen) atoms. The molecule has 6 heteroatoms. The molecule has 3 aromatic carbocycles. The van der Waals surface area contributed by atoms with Crippen LogP contribution in [0.3, 0.4) is 0 Å². The van der Waals surface area contributed by atoms with Crippen LogP contribution in [0.2, 0.25) is 0 Å². The number of benzene rings is 3. The number of nitrogens with one attached hydrogen (secondary N) is 1. The quantitative estimate of drug-likeness (QED) is 0.338. The zero-order valence-corrected chi connectivity index (χ0v) is 17.9. The minimum Gasteiger partial charge on any atom is -0.339 e. The average Bonchev–Trinajstić information content (AvgIpc) is 3.53. The van der Waals surface area contributed by atoms with Crippen LogP contribution in [0, 0.1) is 0 Å². The maximum atomic E-state index is 12.9. The predicted molar refractivity (Wildman–Crippen MR) is 127 cm³/mol. The lowest BCUT2D eigenvalue weighted by Crippen LogP contribution is -2.13. The van der Waals surface area contributed by atoms with Crippen LogP contribution in [-0.2, 0) is 6.42 Å². The highest BCUT2D eigenvalue weighted by molar-refractivity contribution is 7.13. The van der Waals surface area contributed by atoms with E-state index < -0.39 is 0 Å². The van der Waals surface area contributed by atoms with Gasteiger partial charge < -0.3 is 9.84 Å². The van der Waals surface area contributed by atoms with Gasteiger partial charge in [0.05, 0.1) is 11.3 Å². The fraction of sp³-hybridized carbons (Fsp3) is 0.0385. The van der Waals surface area contributed by atoms with Crippen molar-refractivity contribution in [3.63, 3.8) is 0 Å². The predicted octanol–water partition coefficient (Wildman–Crippen LogP) is 6.31. The molecule has 0 aliphatic rings. The lowest BCUT2D eigenvalue weighted by atomic mass is 10.0. The van der Waals surface area contributed by atoms with Gasteiger partial charge in [-0.05, 0) is 46.3 Å². The Bertz CT molecular complexity index is 1330. The maximum Gasteiger partial charge on any atom is 0.255 e. The molecule has 1 N–H and O–H groups in total. The number of amides is 1. The summed E-state index contributed by atoms with van der Waals surface area (Å²) in [7, 11) is 0. The zero-order chi connectivity index (χ0) is 21.8. The van der Waals surface area contributed by atoms with Crippen molar-refractivity contribution >= 4 is 22.9 Å². The summed E-state index contributed by atoms with van der Waals surface area (Å²) in [5, 5.41) is 9.05. The molecule has 0 saturated carbocycles. The van der Waals surface area contributed by atoms with Gasteiger partial charge in [0.25, 0.3) is 5.91 Å². The number of thiophene rings is 1. The summed E-state index contributed by atoms with van der Waals surface area (Å²) in [6, 6.07) is 29.2. The van der Waals surface area contributed by atoms with Gasteiger partial charge in [-0.15, -0.1) is 11.3 Å². The molecule has 0 saturated heterocycles. The maximum absolute atomic E-state index is 12.9. The molecular weight excluding hydrogens is 418 g/mol. The van der Waals surface area contributed by atoms with Crippen LogP contribution >= 0.6 is 11.3 Å². The van der Waals surface area contributed by atoms with Crippen LogP contribution in [0.15, 0.2) is 101 Å². The standard InChI is InChI=1S/C26H19N3O2S/c30-26(20-14-12-19(13-15-20)18-7-2-1-3-8-18)27-22-10-5-4-9-21(22)17-24-28-25(29-31-24)23-11-6-16-32-23/h1-16H,17H2,(H,27,30). The van der Waals surface area contributed by atoms with E-state index in [2.05, 4.69) is 15.5 Å². The summed E-state index contributed by atoms with van der Waals surface area (Å²) in [5.41, 5.74) is 4.41. The SMILES string of the molecule is O=C(Nc1ccccc1Cc1nc(-c2cccs2)no1)c1ccc(-c2ccccc2)cc1. The monoisotopic (exact) mass is 437 g/mol. The number of para-hydroxylation sites is 1. The number of anilines is 1. The summed E-state index contributed by atoms with van der Waals surface area (Å²) in [6.07, 6.45) is 0.432. The van der Waals surface area contributed by atoms with Crippen LogP contribution in [0.1, 0.15) is 21.8 Å². The van der Waals surface area contributed by atoms with Crippen molar-refractivity contribution < 1.29 is 9.32 Å². The molecule has 0 atom stereocenters. The van der Waals surface area contributed by atoms with Gasteiger partial charge in [-0.1, -0.05) is 71.9 Å². The van der Waals surface area contributed by atoms with Crippen LogP contribution < -0.4 is 5.32 Å². The number of hydrogen-bond acceptors (Lipinski definition) is 5. The summed E-state index contributed by atoms with van der Waals surface area (Å²) >= 11 is 1.56. The summed E-state index contributed by atoms with van der Waals surface area (Å²) in [4.78, 5) is 18.3. The van der Waals surface area contributed by atoms with Crippen molar-refractivity contribution in [1.29, 1.82) is 0 Å². The van der Waals surface area contributed by atoms with Crippen LogP contribution in [0.5, 0.6) is 0 Å². The third-order valence-electron chi connectivity index (χ3n) is 5.07. The highest BCUT2D eigenvalue weighted by atomic mass is 32.1. The molecule has 0 fully saturated rings. The molecule has 0 spiro atoms. The molecule has 0 aliphatic heterocycles. The van der Waals surface area contributed by atoms with Crippen LogP contribution in [-0.4, -0.2) is 16.0 Å². The van der Waals surface area contributed by atoms with Crippen molar-refractivity contribution in [3.8, 4) is 21.8 Å². The third kappa shape index (κ3) is 4.36. The first-order valence-corrected chi connectivity index (χ1v) is 11.1. The lowest BCUT2D eigenvalue weighted by Gasteiger charge is -2.10. The Balaban J connectivity index is 1.31. The van der Waals surface area contributed by atoms with Crippen molar-refractivity contribution in [2.45, 2.75) is 6.42 Å². The minimum atomic E-state index is -0.165. The Kier molecular flexibility index (Phi) is 5.59. The molecule has 0 aliphatic carbocycles. The molecule has 0 bridgehead atoms. The molecule has 5 rings (SSSR count). The summed E-state index contributed by atoms with van der Waals surface area (Å²) < 4.78 is 5.43. The van der Waals surface area contributed by atoms with E-state index in [0.29, 0.717) is 23.7 Å². The fourth-order valence-electron chi connectivity index (χ4n) is 3.43. The zero-order valence-electron chi connectivity index (χ0n) is 17.1. The molecule has 0 radical (unpaired) electrons. The molecule has 1 amide bonds. The van der Waals surface area contributed by atoms with E-state index in [4.69, 9.17) is 4.52 Å². The molecule has 156 valence electrons. The van der Waals surface area contributed by atoms with Gasteiger partial charge in [0, 0.05) is 11.3 Å². The summed E-state index contributed by atoms with van der Waals surface area (Å²) in [5.74, 6) is 0.916. The second-order valence-electron chi connectivity index (χ2n) is 7.22. The van der Waals surface area contributed by atoms with E-state index in [1.807, 2.05) is 96.4 Å². The third-order valence-corrected chi connectivity index (χ3v) is 5.94. The fourth-order valence-corrected chi connectivity index (χ4v) is 4.08. The van der Waals surface area contributed by atoms with E-state index in [1.165, 1.54) is 0 Å². The van der Waals surface area contributed by atoms with Crippen LogP contribution in [0.25, 0.3) is 21.8 Å². The van der Waals surface area contributed by atoms with Gasteiger partial charge in [0.15, 0.2) is 0 Å².